The SMILES string of the molecule is CC1CCCN1C(=O)c1csc(N(C(=O)c2ccc(Cl)cc2Cl)c2ccc(Cl)cc2)n1. The van der Waals surface area contributed by atoms with E-state index in [0.29, 0.717) is 33.1 Å². The van der Waals surface area contributed by atoms with Gasteiger partial charge in [-0.2, -0.15) is 0 Å². The summed E-state index contributed by atoms with van der Waals surface area (Å²) in [6.45, 7) is 2.75. The Morgan fingerprint density at radius 3 is 2.45 bits per heavy atom. The summed E-state index contributed by atoms with van der Waals surface area (Å²) in [5, 5.41) is 3.26. The average molecular weight is 495 g/mol. The van der Waals surface area contributed by atoms with Crippen molar-refractivity contribution in [2.45, 2.75) is 25.8 Å². The number of thiazole rings is 1. The van der Waals surface area contributed by atoms with E-state index >= 15 is 0 Å². The number of rotatable bonds is 4. The molecule has 0 radical (unpaired) electrons. The third-order valence-corrected chi connectivity index (χ3v) is 6.79. The van der Waals surface area contributed by atoms with Crippen molar-refractivity contribution in [2.75, 3.05) is 11.4 Å². The van der Waals surface area contributed by atoms with Gasteiger partial charge >= 0.3 is 0 Å². The quantitative estimate of drug-likeness (QED) is 0.405. The molecular formula is C22H18Cl3N3O2S. The fraction of sp³-hybridized carbons (Fsp3) is 0.227. The van der Waals surface area contributed by atoms with Crippen LogP contribution >= 0.6 is 46.1 Å². The molecular weight excluding hydrogens is 477 g/mol. The fourth-order valence-electron chi connectivity index (χ4n) is 3.54. The first-order chi connectivity index (χ1) is 14.8. The number of likely N-dealkylation sites (tertiary alicyclic amines) is 1. The van der Waals surface area contributed by atoms with Crippen LogP contribution in [0.2, 0.25) is 15.1 Å². The van der Waals surface area contributed by atoms with Gasteiger partial charge in [0.05, 0.1) is 16.3 Å². The van der Waals surface area contributed by atoms with Gasteiger partial charge in [0.1, 0.15) is 5.69 Å². The molecule has 2 heterocycles. The Balaban J connectivity index is 1.73. The van der Waals surface area contributed by atoms with Gasteiger partial charge in [-0.05, 0) is 62.2 Å². The third kappa shape index (κ3) is 4.58. The molecule has 2 aromatic carbocycles. The lowest BCUT2D eigenvalue weighted by molar-refractivity contribution is 0.0742. The molecule has 1 saturated heterocycles. The monoisotopic (exact) mass is 493 g/mol. The predicted octanol–water partition coefficient (Wildman–Crippen LogP) is 6.71. The van der Waals surface area contributed by atoms with Gasteiger partial charge in [0.2, 0.25) is 0 Å². The third-order valence-electron chi connectivity index (χ3n) is 5.17. The summed E-state index contributed by atoms with van der Waals surface area (Å²) >= 11 is 19.5. The Bertz CT molecular complexity index is 1130. The zero-order chi connectivity index (χ0) is 22.1. The van der Waals surface area contributed by atoms with Crippen LogP contribution in [0.4, 0.5) is 10.8 Å². The van der Waals surface area contributed by atoms with Crippen molar-refractivity contribution in [3.8, 4) is 0 Å². The first-order valence-corrected chi connectivity index (χ1v) is 11.7. The number of carbonyl (C=O) groups excluding carboxylic acids is 2. The van der Waals surface area contributed by atoms with Crippen LogP contribution in [-0.4, -0.2) is 34.3 Å². The Morgan fingerprint density at radius 1 is 1.10 bits per heavy atom. The van der Waals surface area contributed by atoms with E-state index in [0.717, 1.165) is 12.8 Å². The Morgan fingerprint density at radius 2 is 1.81 bits per heavy atom. The molecule has 0 N–H and O–H groups in total. The van der Waals surface area contributed by atoms with Crippen LogP contribution in [0.5, 0.6) is 0 Å². The maximum Gasteiger partial charge on any atom is 0.273 e. The lowest BCUT2D eigenvalue weighted by atomic mass is 10.2. The van der Waals surface area contributed by atoms with E-state index in [1.165, 1.54) is 22.3 Å². The molecule has 1 aromatic heterocycles. The van der Waals surface area contributed by atoms with Crippen molar-refractivity contribution in [1.82, 2.24) is 9.88 Å². The van der Waals surface area contributed by atoms with E-state index in [-0.39, 0.29) is 28.4 Å². The van der Waals surface area contributed by atoms with Crippen molar-refractivity contribution in [3.63, 3.8) is 0 Å². The van der Waals surface area contributed by atoms with Crippen molar-refractivity contribution in [2.24, 2.45) is 0 Å². The van der Waals surface area contributed by atoms with Crippen molar-refractivity contribution >= 4 is 68.8 Å². The van der Waals surface area contributed by atoms with E-state index in [4.69, 9.17) is 34.8 Å². The highest BCUT2D eigenvalue weighted by Crippen LogP contribution is 2.34. The molecule has 0 aliphatic carbocycles. The van der Waals surface area contributed by atoms with Gasteiger partial charge in [-0.25, -0.2) is 4.98 Å². The Hall–Kier alpha value is -2.12. The highest BCUT2D eigenvalue weighted by molar-refractivity contribution is 7.14. The highest BCUT2D eigenvalue weighted by atomic mass is 35.5. The number of anilines is 2. The molecule has 4 rings (SSSR count). The zero-order valence-electron chi connectivity index (χ0n) is 16.5. The van der Waals surface area contributed by atoms with Gasteiger partial charge in [0.25, 0.3) is 11.8 Å². The molecule has 160 valence electrons. The smallest absolute Gasteiger partial charge is 0.273 e. The molecule has 0 saturated carbocycles. The summed E-state index contributed by atoms with van der Waals surface area (Å²) in [6.07, 6.45) is 1.96. The number of nitrogens with zero attached hydrogens (tertiary/aromatic N) is 3. The van der Waals surface area contributed by atoms with Crippen LogP contribution < -0.4 is 4.90 Å². The highest BCUT2D eigenvalue weighted by Gasteiger charge is 2.30. The normalized spacial score (nSPS) is 15.9. The van der Waals surface area contributed by atoms with E-state index in [1.54, 1.807) is 41.8 Å². The van der Waals surface area contributed by atoms with Gasteiger partial charge < -0.3 is 4.90 Å². The summed E-state index contributed by atoms with van der Waals surface area (Å²) in [5.74, 6) is -0.507. The van der Waals surface area contributed by atoms with Crippen molar-refractivity contribution in [3.05, 3.63) is 74.2 Å². The van der Waals surface area contributed by atoms with Crippen LogP contribution in [0.3, 0.4) is 0 Å². The second-order valence-electron chi connectivity index (χ2n) is 7.25. The molecule has 1 aliphatic heterocycles. The molecule has 2 amide bonds. The van der Waals surface area contributed by atoms with Crippen LogP contribution in [0.1, 0.15) is 40.6 Å². The largest absolute Gasteiger partial charge is 0.335 e. The van der Waals surface area contributed by atoms with Crippen LogP contribution in [-0.2, 0) is 0 Å². The predicted molar refractivity (Wildman–Crippen MR) is 126 cm³/mol. The van der Waals surface area contributed by atoms with Gasteiger partial charge in [0, 0.05) is 28.0 Å². The van der Waals surface area contributed by atoms with Crippen molar-refractivity contribution < 1.29 is 9.59 Å². The second-order valence-corrected chi connectivity index (χ2v) is 9.36. The number of halogens is 3. The average Bonchev–Trinajstić information content (AvgIpc) is 3.38. The minimum Gasteiger partial charge on any atom is -0.335 e. The summed E-state index contributed by atoms with van der Waals surface area (Å²) in [4.78, 5) is 34.2. The molecule has 0 spiro atoms. The molecule has 5 nitrogen and oxygen atoms in total. The first-order valence-electron chi connectivity index (χ1n) is 9.66. The van der Waals surface area contributed by atoms with E-state index in [2.05, 4.69) is 4.98 Å². The zero-order valence-corrected chi connectivity index (χ0v) is 19.6. The minimum absolute atomic E-state index is 0.125. The van der Waals surface area contributed by atoms with E-state index in [9.17, 15) is 9.59 Å². The summed E-state index contributed by atoms with van der Waals surface area (Å²) < 4.78 is 0. The molecule has 31 heavy (non-hydrogen) atoms. The summed E-state index contributed by atoms with van der Waals surface area (Å²) in [5.41, 5.74) is 1.16. The van der Waals surface area contributed by atoms with Crippen molar-refractivity contribution in [1.29, 1.82) is 0 Å². The van der Waals surface area contributed by atoms with Gasteiger partial charge in [0.15, 0.2) is 5.13 Å². The molecule has 1 aliphatic rings. The molecule has 1 unspecified atom stereocenters. The van der Waals surface area contributed by atoms with Gasteiger partial charge in [-0.3, -0.25) is 14.5 Å². The number of hydrogen-bond acceptors (Lipinski definition) is 4. The number of benzene rings is 2. The molecule has 3 aromatic rings. The summed E-state index contributed by atoms with van der Waals surface area (Å²) in [7, 11) is 0. The summed E-state index contributed by atoms with van der Waals surface area (Å²) in [6, 6.07) is 11.7. The molecule has 1 atom stereocenters. The van der Waals surface area contributed by atoms with Gasteiger partial charge in [-0.15, -0.1) is 11.3 Å². The standard InChI is InChI=1S/C22H18Cl3N3O2S/c1-13-3-2-10-27(13)21(30)19-12-31-22(26-19)28(16-7-4-14(23)5-8-16)20(29)17-9-6-15(24)11-18(17)25/h4-9,11-13H,2-3,10H2,1H3. The lowest BCUT2D eigenvalue weighted by Gasteiger charge is -2.21. The minimum atomic E-state index is -0.383. The van der Waals surface area contributed by atoms with Crippen LogP contribution in [0, 0.1) is 0 Å². The maximum atomic E-state index is 13.5. The number of amides is 2. The fourth-order valence-corrected chi connectivity index (χ4v) is 4.97. The van der Waals surface area contributed by atoms with Gasteiger partial charge in [-0.1, -0.05) is 34.8 Å². The number of aromatic nitrogens is 1. The maximum absolute atomic E-state index is 13.5. The molecule has 9 heteroatoms. The van der Waals surface area contributed by atoms with E-state index in [1.807, 2.05) is 11.8 Å². The second kappa shape index (κ2) is 9.17. The first kappa shape index (κ1) is 22.1. The molecule has 0 bridgehead atoms. The van der Waals surface area contributed by atoms with Crippen LogP contribution in [0.25, 0.3) is 0 Å². The number of hydrogen-bond donors (Lipinski definition) is 0. The van der Waals surface area contributed by atoms with E-state index < -0.39 is 0 Å². The topological polar surface area (TPSA) is 53.5 Å². The molecule has 1 fully saturated rings. The Labute approximate surface area is 199 Å². The number of carbonyl (C=O) groups is 2. The van der Waals surface area contributed by atoms with Crippen LogP contribution in [0.15, 0.2) is 47.8 Å². The lowest BCUT2D eigenvalue weighted by Crippen LogP contribution is -2.34. The Kier molecular flexibility index (Phi) is 6.53.